The highest BCUT2D eigenvalue weighted by molar-refractivity contribution is 5.84. The van der Waals surface area contributed by atoms with E-state index in [-0.39, 0.29) is 5.91 Å². The number of hydrogen-bond acceptors (Lipinski definition) is 4. The van der Waals surface area contributed by atoms with Crippen molar-refractivity contribution in [3.05, 3.63) is 18.5 Å². The second-order valence-electron chi connectivity index (χ2n) is 6.81. The molecule has 22 heavy (non-hydrogen) atoms. The van der Waals surface area contributed by atoms with Crippen LogP contribution in [-0.4, -0.2) is 60.4 Å². The normalized spacial score (nSPS) is 22.5. The number of rotatable bonds is 6. The van der Waals surface area contributed by atoms with Crippen molar-refractivity contribution in [1.82, 2.24) is 25.3 Å². The largest absolute Gasteiger partial charge is 0.352 e. The summed E-state index contributed by atoms with van der Waals surface area (Å²) in [6.45, 7) is 2.44. The van der Waals surface area contributed by atoms with E-state index >= 15 is 0 Å². The number of hydrogen-bond donors (Lipinski definition) is 2. The van der Waals surface area contributed by atoms with Gasteiger partial charge in [-0.15, -0.1) is 0 Å². The van der Waals surface area contributed by atoms with Gasteiger partial charge in [-0.25, -0.2) is 0 Å². The minimum absolute atomic E-state index is 0.116. The summed E-state index contributed by atoms with van der Waals surface area (Å²) in [5.41, 5.74) is -0.533. The van der Waals surface area contributed by atoms with Crippen molar-refractivity contribution in [3.63, 3.8) is 0 Å². The average molecular weight is 305 g/mol. The van der Waals surface area contributed by atoms with E-state index in [0.29, 0.717) is 6.04 Å². The van der Waals surface area contributed by atoms with Crippen molar-refractivity contribution in [2.45, 2.75) is 37.3 Å². The van der Waals surface area contributed by atoms with Gasteiger partial charge in [-0.1, -0.05) is 0 Å². The topological polar surface area (TPSA) is 62.2 Å². The maximum atomic E-state index is 13.0. The quantitative estimate of drug-likeness (QED) is 0.799. The molecule has 1 aliphatic heterocycles. The van der Waals surface area contributed by atoms with Gasteiger partial charge in [0.15, 0.2) is 0 Å². The molecule has 122 valence electrons. The van der Waals surface area contributed by atoms with E-state index in [4.69, 9.17) is 0 Å². The van der Waals surface area contributed by atoms with Gasteiger partial charge >= 0.3 is 0 Å². The Balaban J connectivity index is 1.70. The predicted octanol–water partition coefficient (Wildman–Crippen LogP) is 0.418. The highest BCUT2D eigenvalue weighted by Crippen LogP contribution is 2.34. The van der Waals surface area contributed by atoms with Crippen molar-refractivity contribution >= 4 is 5.91 Å². The monoisotopic (exact) mass is 305 g/mol. The van der Waals surface area contributed by atoms with E-state index in [9.17, 15) is 4.79 Å². The molecule has 2 N–H and O–H groups in total. The summed E-state index contributed by atoms with van der Waals surface area (Å²) < 4.78 is 1.85. The Hall–Kier alpha value is -1.40. The van der Waals surface area contributed by atoms with Crippen LogP contribution in [0.2, 0.25) is 0 Å². The second kappa shape index (κ2) is 6.38. The van der Waals surface area contributed by atoms with E-state index < -0.39 is 5.54 Å². The summed E-state index contributed by atoms with van der Waals surface area (Å²) >= 11 is 0. The first kappa shape index (κ1) is 15.5. The summed E-state index contributed by atoms with van der Waals surface area (Å²) in [5.74, 6) is 0.856. The molecule has 0 aromatic carbocycles. The van der Waals surface area contributed by atoms with Gasteiger partial charge in [0.1, 0.15) is 5.54 Å². The van der Waals surface area contributed by atoms with Crippen molar-refractivity contribution < 1.29 is 4.79 Å². The Labute approximate surface area is 132 Å². The molecule has 2 fully saturated rings. The summed E-state index contributed by atoms with van der Waals surface area (Å²) in [6.07, 6.45) is 7.81. The first-order chi connectivity index (χ1) is 10.6. The molecule has 1 saturated heterocycles. The fourth-order valence-electron chi connectivity index (χ4n) is 3.54. The molecule has 1 unspecified atom stereocenters. The van der Waals surface area contributed by atoms with Crippen molar-refractivity contribution in [2.24, 2.45) is 5.92 Å². The fraction of sp³-hybridized carbons (Fsp3) is 0.750. The van der Waals surface area contributed by atoms with Crippen LogP contribution in [0.15, 0.2) is 18.5 Å². The molecule has 1 aliphatic carbocycles. The van der Waals surface area contributed by atoms with Crippen LogP contribution in [0.25, 0.3) is 0 Å². The average Bonchev–Trinajstić information content (AvgIpc) is 3.19. The number of carbonyl (C=O) groups excluding carboxylic acids is 1. The van der Waals surface area contributed by atoms with Crippen molar-refractivity contribution in [1.29, 1.82) is 0 Å². The van der Waals surface area contributed by atoms with E-state index in [1.165, 1.54) is 12.8 Å². The maximum Gasteiger partial charge on any atom is 0.248 e. The van der Waals surface area contributed by atoms with Gasteiger partial charge in [0.25, 0.3) is 0 Å². The lowest BCUT2D eigenvalue weighted by atomic mass is 9.87. The molecular weight excluding hydrogens is 278 g/mol. The van der Waals surface area contributed by atoms with Crippen LogP contribution in [0.5, 0.6) is 0 Å². The van der Waals surface area contributed by atoms with Crippen LogP contribution in [-0.2, 0) is 10.3 Å². The molecule has 6 heteroatoms. The minimum atomic E-state index is -0.533. The summed E-state index contributed by atoms with van der Waals surface area (Å²) in [7, 11) is 4.20. The molecule has 0 spiro atoms. The Morgan fingerprint density at radius 1 is 1.45 bits per heavy atom. The second-order valence-corrected chi connectivity index (χ2v) is 6.81. The highest BCUT2D eigenvalue weighted by atomic mass is 16.2. The van der Waals surface area contributed by atoms with E-state index in [0.717, 1.165) is 38.4 Å². The van der Waals surface area contributed by atoms with Gasteiger partial charge in [-0.3, -0.25) is 9.48 Å². The molecule has 1 amide bonds. The Morgan fingerprint density at radius 3 is 2.73 bits per heavy atom. The van der Waals surface area contributed by atoms with Gasteiger partial charge in [-0.05, 0) is 64.9 Å². The van der Waals surface area contributed by atoms with E-state index in [1.807, 2.05) is 16.9 Å². The zero-order valence-electron chi connectivity index (χ0n) is 13.6. The van der Waals surface area contributed by atoms with Crippen LogP contribution in [0.1, 0.15) is 25.7 Å². The van der Waals surface area contributed by atoms with Gasteiger partial charge in [0.2, 0.25) is 5.91 Å². The van der Waals surface area contributed by atoms with Crippen LogP contribution in [0.3, 0.4) is 0 Å². The molecule has 2 aliphatic rings. The Kier molecular flexibility index (Phi) is 4.49. The first-order valence-corrected chi connectivity index (χ1v) is 8.29. The van der Waals surface area contributed by atoms with E-state index in [2.05, 4.69) is 34.7 Å². The molecule has 6 nitrogen and oxygen atoms in total. The summed E-state index contributed by atoms with van der Waals surface area (Å²) in [5, 5.41) is 10.9. The molecule has 1 aromatic heterocycles. The lowest BCUT2D eigenvalue weighted by molar-refractivity contribution is -0.132. The first-order valence-electron chi connectivity index (χ1n) is 8.29. The van der Waals surface area contributed by atoms with E-state index in [1.54, 1.807) is 6.20 Å². The van der Waals surface area contributed by atoms with Crippen molar-refractivity contribution in [3.8, 4) is 0 Å². The minimum Gasteiger partial charge on any atom is -0.352 e. The number of amides is 1. The van der Waals surface area contributed by atoms with Gasteiger partial charge in [-0.2, -0.15) is 5.10 Å². The number of nitrogens with zero attached hydrogens (tertiary/aromatic N) is 3. The van der Waals surface area contributed by atoms with Gasteiger partial charge < -0.3 is 15.5 Å². The maximum absolute atomic E-state index is 13.0. The lowest BCUT2D eigenvalue weighted by Crippen LogP contribution is -2.56. The van der Waals surface area contributed by atoms with Crippen molar-refractivity contribution in [2.75, 3.05) is 33.7 Å². The number of nitrogens with one attached hydrogen (secondary N) is 2. The third kappa shape index (κ3) is 3.03. The predicted molar refractivity (Wildman–Crippen MR) is 85.5 cm³/mol. The highest BCUT2D eigenvalue weighted by Gasteiger charge is 2.42. The Morgan fingerprint density at radius 2 is 2.18 bits per heavy atom. The molecule has 0 bridgehead atoms. The molecule has 1 saturated carbocycles. The molecular formula is C16H27N5O. The number of aromatic nitrogens is 2. The van der Waals surface area contributed by atoms with Crippen LogP contribution in [0.4, 0.5) is 0 Å². The van der Waals surface area contributed by atoms with Crippen LogP contribution in [0, 0.1) is 5.92 Å². The standard InChI is InChI=1S/C16H27N5O/c1-20(2)14(13-4-5-13)12-18-15(22)16(6-9-17-10-7-16)21-11-3-8-19-21/h3,8,11,13-14,17H,4-7,9-10,12H2,1-2H3,(H,18,22). The fourth-order valence-corrected chi connectivity index (χ4v) is 3.54. The molecule has 0 radical (unpaired) electrons. The summed E-state index contributed by atoms with van der Waals surface area (Å²) in [6, 6.07) is 2.34. The molecule has 2 heterocycles. The van der Waals surface area contributed by atoms with Crippen LogP contribution < -0.4 is 10.6 Å². The molecule has 3 rings (SSSR count). The number of carbonyl (C=O) groups is 1. The SMILES string of the molecule is CN(C)C(CNC(=O)C1(n2cccn2)CCNCC1)C1CC1. The zero-order chi connectivity index (χ0) is 15.6. The molecule has 1 atom stereocenters. The smallest absolute Gasteiger partial charge is 0.248 e. The third-order valence-corrected chi connectivity index (χ3v) is 5.10. The lowest BCUT2D eigenvalue weighted by Gasteiger charge is -2.37. The van der Waals surface area contributed by atoms with Gasteiger partial charge in [0.05, 0.1) is 0 Å². The van der Waals surface area contributed by atoms with Crippen LogP contribution >= 0.6 is 0 Å². The summed E-state index contributed by atoms with van der Waals surface area (Å²) in [4.78, 5) is 15.2. The zero-order valence-corrected chi connectivity index (χ0v) is 13.6. The number of likely N-dealkylation sites (N-methyl/N-ethyl adjacent to an activating group) is 1. The third-order valence-electron chi connectivity index (χ3n) is 5.10. The number of piperidine rings is 1. The molecule has 1 aromatic rings. The Bertz CT molecular complexity index is 487. The van der Waals surface area contributed by atoms with Gasteiger partial charge in [0, 0.05) is 25.0 Å².